The van der Waals surface area contributed by atoms with Crippen LogP contribution in [-0.4, -0.2) is 26.3 Å². The maximum atomic E-state index is 11.5. The van der Waals surface area contributed by atoms with E-state index in [4.69, 9.17) is 6.42 Å². The zero-order valence-corrected chi connectivity index (χ0v) is 19.4. The fourth-order valence-corrected chi connectivity index (χ4v) is 11.9. The van der Waals surface area contributed by atoms with Gasteiger partial charge in [-0.25, -0.2) is 0 Å². The van der Waals surface area contributed by atoms with Crippen LogP contribution in [0.25, 0.3) is 0 Å². The van der Waals surface area contributed by atoms with Crippen molar-refractivity contribution in [3.8, 4) is 12.3 Å². The highest BCUT2D eigenvalue weighted by Crippen LogP contribution is 2.71. The first-order valence-electron chi connectivity index (χ1n) is 11.5. The van der Waals surface area contributed by atoms with Crippen LogP contribution in [0.15, 0.2) is 11.6 Å². The summed E-state index contributed by atoms with van der Waals surface area (Å²) < 4.78 is 0.405. The second-order valence-electron chi connectivity index (χ2n) is 10.9. The van der Waals surface area contributed by atoms with Crippen LogP contribution in [0.5, 0.6) is 0 Å². The van der Waals surface area contributed by atoms with Crippen molar-refractivity contribution in [2.24, 2.45) is 34.5 Å². The van der Waals surface area contributed by atoms with Crippen LogP contribution in [0.2, 0.25) is 0 Å². The van der Waals surface area contributed by atoms with Crippen LogP contribution in [-0.2, 0) is 0 Å². The van der Waals surface area contributed by atoms with Gasteiger partial charge in [-0.2, -0.15) is 0 Å². The molecule has 0 bridgehead atoms. The Labute approximate surface area is 180 Å². The largest absolute Gasteiger partial charge is 0.377 e. The van der Waals surface area contributed by atoms with Crippen molar-refractivity contribution >= 4 is 23.5 Å². The molecule has 4 fully saturated rings. The van der Waals surface area contributed by atoms with Crippen molar-refractivity contribution in [1.29, 1.82) is 0 Å². The van der Waals surface area contributed by atoms with E-state index in [2.05, 4.69) is 56.3 Å². The molecule has 1 saturated heterocycles. The first-order chi connectivity index (χ1) is 13.3. The van der Waals surface area contributed by atoms with Crippen LogP contribution in [0.4, 0.5) is 0 Å². The summed E-state index contributed by atoms with van der Waals surface area (Å²) in [6.45, 7) is 7.28. The van der Waals surface area contributed by atoms with E-state index in [-0.39, 0.29) is 10.8 Å². The first kappa shape index (κ1) is 19.9. The van der Waals surface area contributed by atoms with Crippen LogP contribution >= 0.6 is 23.5 Å². The van der Waals surface area contributed by atoms with E-state index in [1.165, 1.54) is 37.2 Å². The number of allylic oxidation sites excluding steroid dienone is 1. The van der Waals surface area contributed by atoms with Crippen molar-refractivity contribution in [2.45, 2.75) is 81.8 Å². The molecule has 4 unspecified atom stereocenters. The van der Waals surface area contributed by atoms with Gasteiger partial charge in [0.15, 0.2) is 0 Å². The van der Waals surface area contributed by atoms with Crippen LogP contribution in [0.1, 0.15) is 72.1 Å². The van der Waals surface area contributed by atoms with Crippen molar-refractivity contribution in [3.05, 3.63) is 11.6 Å². The second kappa shape index (κ2) is 6.48. The zero-order valence-electron chi connectivity index (χ0n) is 17.8. The van der Waals surface area contributed by atoms with E-state index in [9.17, 15) is 5.11 Å². The van der Waals surface area contributed by atoms with Gasteiger partial charge in [-0.05, 0) is 80.5 Å². The van der Waals surface area contributed by atoms with Crippen molar-refractivity contribution in [2.75, 3.05) is 11.5 Å². The predicted molar refractivity (Wildman–Crippen MR) is 122 cm³/mol. The highest BCUT2D eigenvalue weighted by atomic mass is 32.2. The summed E-state index contributed by atoms with van der Waals surface area (Å²) >= 11 is 4.41. The van der Waals surface area contributed by atoms with Gasteiger partial charge in [-0.15, -0.1) is 29.9 Å². The fraction of sp³-hybridized carbons (Fsp3) is 0.840. The first-order valence-corrected chi connectivity index (χ1v) is 13.5. The van der Waals surface area contributed by atoms with E-state index in [0.29, 0.717) is 10.00 Å². The molecule has 0 radical (unpaired) electrons. The molecule has 1 nitrogen and oxygen atoms in total. The third kappa shape index (κ3) is 2.53. The third-order valence-electron chi connectivity index (χ3n) is 9.53. The molecule has 5 rings (SSSR count). The standard InChI is InChI=1S/C25H36OS2/c1-5-23-16-22(3,4)21-18-9-12-25(27-13-14-28-25)15-17(18)7-8-19(21)20(23)10-11-24(23,26)6-2/h2,15,18-21,26H,5,7-14,16H2,1,3-4H3/t18?,19?,20?,21?,23-,24-/m0/s1. The molecule has 1 spiro atoms. The lowest BCUT2D eigenvalue weighted by Gasteiger charge is -2.62. The van der Waals surface area contributed by atoms with Crippen molar-refractivity contribution in [1.82, 2.24) is 0 Å². The second-order valence-corrected chi connectivity index (χ2v) is 14.0. The van der Waals surface area contributed by atoms with Crippen LogP contribution in [0.3, 0.4) is 0 Å². The summed E-state index contributed by atoms with van der Waals surface area (Å²) in [4.78, 5) is 0. The van der Waals surface area contributed by atoms with Gasteiger partial charge in [-0.3, -0.25) is 0 Å². The van der Waals surface area contributed by atoms with E-state index in [0.717, 1.165) is 43.4 Å². The van der Waals surface area contributed by atoms with Gasteiger partial charge in [0, 0.05) is 16.9 Å². The average molecular weight is 417 g/mol. The highest BCUT2D eigenvalue weighted by Gasteiger charge is 2.67. The van der Waals surface area contributed by atoms with E-state index >= 15 is 0 Å². The monoisotopic (exact) mass is 416 g/mol. The molecule has 1 aliphatic heterocycles. The molecule has 1 N–H and O–H groups in total. The summed E-state index contributed by atoms with van der Waals surface area (Å²) in [5.41, 5.74) is 1.08. The lowest BCUT2D eigenvalue weighted by molar-refractivity contribution is -0.150. The Morgan fingerprint density at radius 3 is 2.61 bits per heavy atom. The van der Waals surface area contributed by atoms with Gasteiger partial charge in [0.2, 0.25) is 0 Å². The van der Waals surface area contributed by atoms with Gasteiger partial charge < -0.3 is 5.11 Å². The highest BCUT2D eigenvalue weighted by molar-refractivity contribution is 8.21. The Hall–Kier alpha value is -0.0400. The smallest absolute Gasteiger partial charge is 0.131 e. The van der Waals surface area contributed by atoms with E-state index < -0.39 is 5.60 Å². The molecule has 3 saturated carbocycles. The molecule has 1 heterocycles. The number of aliphatic hydroxyl groups is 1. The number of terminal acetylenes is 1. The van der Waals surface area contributed by atoms with Crippen molar-refractivity contribution < 1.29 is 5.11 Å². The normalized spacial score (nSPS) is 48.3. The quantitative estimate of drug-likeness (QED) is 0.410. The average Bonchev–Trinajstić information content (AvgIpc) is 3.24. The van der Waals surface area contributed by atoms with Gasteiger partial charge in [0.25, 0.3) is 0 Å². The number of hydrogen-bond acceptors (Lipinski definition) is 3. The molecular formula is C25H36OS2. The number of hydrogen-bond donors (Lipinski definition) is 1. The summed E-state index contributed by atoms with van der Waals surface area (Å²) in [5.74, 6) is 8.44. The molecule has 6 atom stereocenters. The lowest BCUT2D eigenvalue weighted by atomic mass is 9.42. The summed E-state index contributed by atoms with van der Waals surface area (Å²) in [7, 11) is 0. The molecule has 3 heteroatoms. The molecular weight excluding hydrogens is 380 g/mol. The summed E-state index contributed by atoms with van der Waals surface area (Å²) in [5, 5.41) is 11.5. The summed E-state index contributed by atoms with van der Waals surface area (Å²) in [6.07, 6.45) is 18.1. The molecule has 4 aliphatic carbocycles. The lowest BCUT2D eigenvalue weighted by Crippen LogP contribution is -2.59. The minimum absolute atomic E-state index is 0.0688. The van der Waals surface area contributed by atoms with Crippen molar-refractivity contribution in [3.63, 3.8) is 0 Å². The Bertz CT molecular complexity index is 727. The van der Waals surface area contributed by atoms with E-state index in [1.54, 1.807) is 5.57 Å². The topological polar surface area (TPSA) is 20.2 Å². The summed E-state index contributed by atoms with van der Waals surface area (Å²) in [6, 6.07) is 0. The molecule has 28 heavy (non-hydrogen) atoms. The Kier molecular flexibility index (Phi) is 4.60. The maximum Gasteiger partial charge on any atom is 0.131 e. The molecule has 0 amide bonds. The van der Waals surface area contributed by atoms with Gasteiger partial charge in [0.1, 0.15) is 5.60 Å². The minimum atomic E-state index is -0.890. The van der Waals surface area contributed by atoms with Crippen LogP contribution in [0, 0.1) is 46.8 Å². The molecule has 154 valence electrons. The Morgan fingerprint density at radius 2 is 1.93 bits per heavy atom. The third-order valence-corrected chi connectivity index (χ3v) is 12.9. The molecule has 0 aromatic carbocycles. The fourth-order valence-electron chi connectivity index (χ4n) is 8.68. The molecule has 5 aliphatic rings. The van der Waals surface area contributed by atoms with E-state index in [1.807, 2.05) is 0 Å². The number of fused-ring (bicyclic) bond motifs is 5. The maximum absolute atomic E-state index is 11.5. The molecule has 0 aromatic heterocycles. The zero-order chi connectivity index (χ0) is 19.8. The van der Waals surface area contributed by atoms with Gasteiger partial charge in [-0.1, -0.05) is 38.3 Å². The SMILES string of the molecule is C#C[C@]1(O)CCC2C3CCC4=CC5(CCC4C3C(C)(C)C[C@@]21CC)SCCS5. The minimum Gasteiger partial charge on any atom is -0.377 e. The Morgan fingerprint density at radius 1 is 1.18 bits per heavy atom. The van der Waals surface area contributed by atoms with Gasteiger partial charge in [0.05, 0.1) is 4.08 Å². The predicted octanol–water partition coefficient (Wildman–Crippen LogP) is 6.13. The van der Waals surface area contributed by atoms with Crippen LogP contribution < -0.4 is 0 Å². The number of rotatable bonds is 1. The van der Waals surface area contributed by atoms with Gasteiger partial charge >= 0.3 is 0 Å². The number of thioether (sulfide) groups is 2. The Balaban J connectivity index is 1.53. The molecule has 0 aromatic rings.